The van der Waals surface area contributed by atoms with Crippen molar-refractivity contribution in [2.45, 2.75) is 17.9 Å². The standard InChI is InChI=1S/C11H12BrN3O2S2/c1-7(11-14-4-5-18-11)15-19(16,17)10-6-8(13)2-3-9(10)12/h2-7,15H,13H2,1H3. The molecule has 1 atom stereocenters. The highest BCUT2D eigenvalue weighted by molar-refractivity contribution is 9.10. The minimum absolute atomic E-state index is 0.121. The second-order valence-corrected chi connectivity index (χ2v) is 7.37. The van der Waals surface area contributed by atoms with Crippen LogP contribution in [-0.2, 0) is 10.0 Å². The predicted molar refractivity (Wildman–Crippen MR) is 79.4 cm³/mol. The van der Waals surface area contributed by atoms with Gasteiger partial charge in [-0.1, -0.05) is 0 Å². The number of rotatable bonds is 4. The molecule has 5 nitrogen and oxygen atoms in total. The zero-order chi connectivity index (χ0) is 14.0. The second-order valence-electron chi connectivity index (χ2n) is 3.90. The maximum atomic E-state index is 12.3. The minimum Gasteiger partial charge on any atom is -0.399 e. The molecule has 2 aromatic rings. The van der Waals surface area contributed by atoms with E-state index in [2.05, 4.69) is 25.6 Å². The molecule has 2 rings (SSSR count). The Kier molecular flexibility index (Phi) is 4.24. The van der Waals surface area contributed by atoms with Crippen LogP contribution >= 0.6 is 27.3 Å². The van der Waals surface area contributed by atoms with Gasteiger partial charge in [-0.3, -0.25) is 0 Å². The summed E-state index contributed by atoms with van der Waals surface area (Å²) in [6.45, 7) is 1.75. The SMILES string of the molecule is CC(NS(=O)(=O)c1cc(N)ccc1Br)c1nccs1. The van der Waals surface area contributed by atoms with Crippen molar-refractivity contribution < 1.29 is 8.42 Å². The molecule has 19 heavy (non-hydrogen) atoms. The molecule has 0 aliphatic carbocycles. The van der Waals surface area contributed by atoms with Gasteiger partial charge in [-0.05, 0) is 41.1 Å². The molecular weight excluding hydrogens is 350 g/mol. The Balaban J connectivity index is 2.30. The number of benzene rings is 1. The van der Waals surface area contributed by atoms with Crippen LogP contribution in [0.5, 0.6) is 0 Å². The van der Waals surface area contributed by atoms with E-state index in [1.165, 1.54) is 17.4 Å². The summed E-state index contributed by atoms with van der Waals surface area (Å²) >= 11 is 4.62. The van der Waals surface area contributed by atoms with Gasteiger partial charge < -0.3 is 5.73 Å². The zero-order valence-electron chi connectivity index (χ0n) is 10.00. The van der Waals surface area contributed by atoms with E-state index < -0.39 is 16.1 Å². The van der Waals surface area contributed by atoms with E-state index in [1.807, 2.05) is 0 Å². The molecule has 0 amide bonds. The Labute approximate surface area is 124 Å². The number of anilines is 1. The van der Waals surface area contributed by atoms with Crippen LogP contribution in [-0.4, -0.2) is 13.4 Å². The zero-order valence-corrected chi connectivity index (χ0v) is 13.2. The lowest BCUT2D eigenvalue weighted by atomic mass is 10.3. The van der Waals surface area contributed by atoms with Crippen LogP contribution < -0.4 is 10.5 Å². The molecule has 0 saturated heterocycles. The summed E-state index contributed by atoms with van der Waals surface area (Å²) in [5, 5.41) is 2.51. The molecule has 1 aromatic heterocycles. The van der Waals surface area contributed by atoms with Gasteiger partial charge in [0.25, 0.3) is 0 Å². The quantitative estimate of drug-likeness (QED) is 0.819. The Morgan fingerprint density at radius 2 is 2.21 bits per heavy atom. The van der Waals surface area contributed by atoms with Crippen LogP contribution in [0.1, 0.15) is 18.0 Å². The number of halogens is 1. The summed E-state index contributed by atoms with van der Waals surface area (Å²) in [4.78, 5) is 4.21. The Morgan fingerprint density at radius 3 is 2.84 bits per heavy atom. The molecule has 0 aliphatic heterocycles. The number of nitrogens with one attached hydrogen (secondary N) is 1. The lowest BCUT2D eigenvalue weighted by Crippen LogP contribution is -2.27. The molecule has 0 aliphatic rings. The number of nitrogens with two attached hydrogens (primary N) is 1. The first-order valence-corrected chi connectivity index (χ1v) is 8.52. The fourth-order valence-corrected chi connectivity index (χ4v) is 4.45. The Hall–Kier alpha value is -0.960. The first-order chi connectivity index (χ1) is 8.90. The van der Waals surface area contributed by atoms with Gasteiger partial charge in [-0.2, -0.15) is 0 Å². The summed E-state index contributed by atoms with van der Waals surface area (Å²) in [5.41, 5.74) is 6.02. The number of hydrogen-bond donors (Lipinski definition) is 2. The van der Waals surface area contributed by atoms with E-state index in [4.69, 9.17) is 5.73 Å². The topological polar surface area (TPSA) is 85.1 Å². The summed E-state index contributed by atoms with van der Waals surface area (Å²) in [7, 11) is -3.65. The highest BCUT2D eigenvalue weighted by Crippen LogP contribution is 2.26. The third kappa shape index (κ3) is 3.33. The Bertz CT molecular complexity index is 671. The van der Waals surface area contributed by atoms with E-state index in [1.54, 1.807) is 30.6 Å². The number of thiazole rings is 1. The number of sulfonamides is 1. The van der Waals surface area contributed by atoms with Crippen LogP contribution in [0.4, 0.5) is 5.69 Å². The summed E-state index contributed by atoms with van der Waals surface area (Å²) < 4.78 is 27.6. The average Bonchev–Trinajstić information content (AvgIpc) is 2.85. The van der Waals surface area contributed by atoms with Crippen LogP contribution in [0.3, 0.4) is 0 Å². The molecule has 1 unspecified atom stereocenters. The van der Waals surface area contributed by atoms with E-state index in [0.29, 0.717) is 15.2 Å². The van der Waals surface area contributed by atoms with Gasteiger partial charge in [0.05, 0.1) is 10.9 Å². The van der Waals surface area contributed by atoms with Gasteiger partial charge in [0.2, 0.25) is 10.0 Å². The van der Waals surface area contributed by atoms with Crippen LogP contribution in [0.15, 0.2) is 39.1 Å². The van der Waals surface area contributed by atoms with Crippen molar-refractivity contribution in [3.05, 3.63) is 39.3 Å². The molecule has 3 N–H and O–H groups in total. The van der Waals surface area contributed by atoms with Crippen molar-refractivity contribution in [2.24, 2.45) is 0 Å². The van der Waals surface area contributed by atoms with E-state index in [9.17, 15) is 8.42 Å². The first kappa shape index (κ1) is 14.4. The number of aromatic nitrogens is 1. The van der Waals surface area contributed by atoms with E-state index in [0.717, 1.165) is 0 Å². The lowest BCUT2D eigenvalue weighted by Gasteiger charge is -2.13. The molecule has 1 heterocycles. The highest BCUT2D eigenvalue weighted by atomic mass is 79.9. The van der Waals surface area contributed by atoms with Crippen molar-refractivity contribution in [2.75, 3.05) is 5.73 Å². The van der Waals surface area contributed by atoms with Gasteiger partial charge in [0.15, 0.2) is 0 Å². The van der Waals surface area contributed by atoms with Gasteiger partial charge >= 0.3 is 0 Å². The van der Waals surface area contributed by atoms with Gasteiger partial charge in [-0.15, -0.1) is 11.3 Å². The van der Waals surface area contributed by atoms with Gasteiger partial charge in [0, 0.05) is 21.7 Å². The van der Waals surface area contributed by atoms with Crippen molar-refractivity contribution >= 4 is 43.0 Å². The molecule has 0 spiro atoms. The third-order valence-corrected chi connectivity index (χ3v) is 5.89. The minimum atomic E-state index is -3.65. The summed E-state index contributed by atoms with van der Waals surface area (Å²) in [5.74, 6) is 0. The molecule has 8 heteroatoms. The second kappa shape index (κ2) is 5.58. The van der Waals surface area contributed by atoms with Crippen LogP contribution in [0.2, 0.25) is 0 Å². The van der Waals surface area contributed by atoms with Gasteiger partial charge in [-0.25, -0.2) is 18.1 Å². The third-order valence-electron chi connectivity index (χ3n) is 2.40. The van der Waals surface area contributed by atoms with Crippen molar-refractivity contribution in [3.63, 3.8) is 0 Å². The van der Waals surface area contributed by atoms with Gasteiger partial charge in [0.1, 0.15) is 5.01 Å². The van der Waals surface area contributed by atoms with Crippen molar-refractivity contribution in [3.8, 4) is 0 Å². The maximum absolute atomic E-state index is 12.3. The molecule has 0 radical (unpaired) electrons. The lowest BCUT2D eigenvalue weighted by molar-refractivity contribution is 0.566. The Morgan fingerprint density at radius 1 is 1.47 bits per heavy atom. The summed E-state index contributed by atoms with van der Waals surface area (Å²) in [6, 6.07) is 4.27. The average molecular weight is 362 g/mol. The van der Waals surface area contributed by atoms with Crippen molar-refractivity contribution in [1.82, 2.24) is 9.71 Å². The first-order valence-electron chi connectivity index (χ1n) is 5.37. The smallest absolute Gasteiger partial charge is 0.242 e. The highest BCUT2D eigenvalue weighted by Gasteiger charge is 2.22. The van der Waals surface area contributed by atoms with E-state index >= 15 is 0 Å². The largest absolute Gasteiger partial charge is 0.399 e. The number of nitrogens with zero attached hydrogens (tertiary/aromatic N) is 1. The molecule has 0 saturated carbocycles. The maximum Gasteiger partial charge on any atom is 0.242 e. The summed E-state index contributed by atoms with van der Waals surface area (Å²) in [6.07, 6.45) is 1.64. The fourth-order valence-electron chi connectivity index (χ4n) is 1.52. The number of hydrogen-bond acceptors (Lipinski definition) is 5. The van der Waals surface area contributed by atoms with Crippen LogP contribution in [0, 0.1) is 0 Å². The molecule has 1 aromatic carbocycles. The van der Waals surface area contributed by atoms with E-state index in [-0.39, 0.29) is 4.90 Å². The molecule has 0 fully saturated rings. The molecule has 0 bridgehead atoms. The monoisotopic (exact) mass is 361 g/mol. The normalized spacial score (nSPS) is 13.4. The molecule has 102 valence electrons. The predicted octanol–water partition coefficient (Wildman–Crippen LogP) is 2.53. The van der Waals surface area contributed by atoms with Crippen molar-refractivity contribution in [1.29, 1.82) is 0 Å². The fraction of sp³-hybridized carbons (Fsp3) is 0.182. The number of nitrogen functional groups attached to an aromatic ring is 1. The molecular formula is C11H12BrN3O2S2. The van der Waals surface area contributed by atoms with Crippen LogP contribution in [0.25, 0.3) is 0 Å².